The fraction of sp³-hybridized carbons (Fsp3) is 0.176. The zero-order valence-electron chi connectivity index (χ0n) is 13.5. The molecule has 2 aromatic rings. The van der Waals surface area contributed by atoms with Crippen LogP contribution < -0.4 is 5.32 Å². The van der Waals surface area contributed by atoms with Crippen LogP contribution in [0.5, 0.6) is 0 Å². The van der Waals surface area contributed by atoms with Crippen molar-refractivity contribution in [3.63, 3.8) is 0 Å². The first kappa shape index (κ1) is 18.4. The molecule has 7 nitrogen and oxygen atoms in total. The summed E-state index contributed by atoms with van der Waals surface area (Å²) in [6.45, 7) is 3.21. The second-order valence-corrected chi connectivity index (χ2v) is 5.80. The molecule has 2 aromatic carbocycles. The first-order valence-electron chi connectivity index (χ1n) is 7.26. The number of esters is 1. The maximum atomic E-state index is 12.0. The van der Waals surface area contributed by atoms with Gasteiger partial charge in [0.2, 0.25) is 0 Å². The molecule has 0 aliphatic rings. The number of rotatable bonds is 5. The van der Waals surface area contributed by atoms with Gasteiger partial charge in [0.25, 0.3) is 11.6 Å². The molecular formula is C17H15ClN2O5. The van der Waals surface area contributed by atoms with E-state index >= 15 is 0 Å². The third kappa shape index (κ3) is 4.77. The van der Waals surface area contributed by atoms with Gasteiger partial charge in [-0.15, -0.1) is 0 Å². The summed E-state index contributed by atoms with van der Waals surface area (Å²) in [4.78, 5) is 34.2. The van der Waals surface area contributed by atoms with Gasteiger partial charge in [0.05, 0.1) is 4.92 Å². The molecule has 2 rings (SSSR count). The molecule has 0 aliphatic heterocycles. The minimum atomic E-state index is -0.973. The maximum Gasteiger partial charge on any atom is 0.345 e. The Kier molecular flexibility index (Phi) is 5.71. The molecule has 0 saturated carbocycles. The van der Waals surface area contributed by atoms with E-state index in [0.717, 1.165) is 17.2 Å². The largest absolute Gasteiger partial charge is 0.452 e. The van der Waals surface area contributed by atoms with Crippen molar-refractivity contribution >= 4 is 34.9 Å². The van der Waals surface area contributed by atoms with Gasteiger partial charge in [-0.05, 0) is 37.6 Å². The molecule has 0 aliphatic carbocycles. The van der Waals surface area contributed by atoms with E-state index in [1.807, 2.05) is 26.0 Å². The first-order valence-corrected chi connectivity index (χ1v) is 7.64. The Morgan fingerprint density at radius 1 is 1.20 bits per heavy atom. The van der Waals surface area contributed by atoms with Gasteiger partial charge in [-0.3, -0.25) is 14.9 Å². The third-order valence-electron chi connectivity index (χ3n) is 3.37. The topological polar surface area (TPSA) is 98.5 Å². The van der Waals surface area contributed by atoms with Crippen molar-refractivity contribution in [1.29, 1.82) is 0 Å². The number of benzene rings is 2. The molecule has 0 spiro atoms. The molecule has 0 aromatic heterocycles. The van der Waals surface area contributed by atoms with Crippen LogP contribution in [-0.4, -0.2) is 23.4 Å². The van der Waals surface area contributed by atoms with Crippen LogP contribution in [0.25, 0.3) is 0 Å². The van der Waals surface area contributed by atoms with E-state index in [-0.39, 0.29) is 10.6 Å². The fourth-order valence-corrected chi connectivity index (χ4v) is 2.34. The number of carbonyl (C=O) groups is 2. The second-order valence-electron chi connectivity index (χ2n) is 5.36. The van der Waals surface area contributed by atoms with Crippen molar-refractivity contribution in [3.8, 4) is 0 Å². The van der Waals surface area contributed by atoms with Crippen molar-refractivity contribution < 1.29 is 19.2 Å². The van der Waals surface area contributed by atoms with Crippen LogP contribution in [0.15, 0.2) is 36.4 Å². The predicted octanol–water partition coefficient (Wildman–Crippen LogP) is 3.66. The zero-order valence-corrected chi connectivity index (χ0v) is 14.3. The molecule has 0 radical (unpaired) electrons. The molecule has 0 saturated heterocycles. The quantitative estimate of drug-likeness (QED) is 0.497. The average Bonchev–Trinajstić information content (AvgIpc) is 2.55. The van der Waals surface area contributed by atoms with Crippen LogP contribution >= 0.6 is 11.6 Å². The van der Waals surface area contributed by atoms with Crippen LogP contribution in [0.4, 0.5) is 11.4 Å². The Morgan fingerprint density at radius 3 is 2.56 bits per heavy atom. The van der Waals surface area contributed by atoms with E-state index in [9.17, 15) is 19.7 Å². The number of halogens is 1. The van der Waals surface area contributed by atoms with Crippen molar-refractivity contribution in [2.24, 2.45) is 0 Å². The van der Waals surface area contributed by atoms with Gasteiger partial charge in [-0.2, -0.15) is 0 Å². The monoisotopic (exact) mass is 362 g/mol. The lowest BCUT2D eigenvalue weighted by Gasteiger charge is -2.10. The summed E-state index contributed by atoms with van der Waals surface area (Å²) in [7, 11) is 0. The number of amides is 1. The number of nitrogens with zero attached hydrogens (tertiary/aromatic N) is 1. The van der Waals surface area contributed by atoms with E-state index in [2.05, 4.69) is 5.32 Å². The molecule has 1 amide bonds. The van der Waals surface area contributed by atoms with E-state index in [1.165, 1.54) is 12.1 Å². The van der Waals surface area contributed by atoms with Crippen LogP contribution in [0.1, 0.15) is 21.5 Å². The molecule has 1 N–H and O–H groups in total. The molecule has 130 valence electrons. The van der Waals surface area contributed by atoms with E-state index in [1.54, 1.807) is 6.07 Å². The SMILES string of the molecule is Cc1ccc(NC(=O)COC(=O)c2ccc(Cl)cc2[N+](=O)[O-])c(C)c1. The highest BCUT2D eigenvalue weighted by molar-refractivity contribution is 6.31. The normalized spacial score (nSPS) is 10.2. The zero-order chi connectivity index (χ0) is 18.6. The van der Waals surface area contributed by atoms with Crippen LogP contribution in [0.3, 0.4) is 0 Å². The molecule has 8 heteroatoms. The molecule has 0 fully saturated rings. The Hall–Kier alpha value is -2.93. The van der Waals surface area contributed by atoms with Crippen molar-refractivity contribution in [1.82, 2.24) is 0 Å². The van der Waals surface area contributed by atoms with E-state index in [4.69, 9.17) is 16.3 Å². The second kappa shape index (κ2) is 7.76. The average molecular weight is 363 g/mol. The summed E-state index contributed by atoms with van der Waals surface area (Å²) >= 11 is 5.69. The smallest absolute Gasteiger partial charge is 0.345 e. The van der Waals surface area contributed by atoms with Crippen molar-refractivity contribution in [3.05, 3.63) is 68.2 Å². The van der Waals surface area contributed by atoms with Crippen LogP contribution in [-0.2, 0) is 9.53 Å². The number of hydrogen-bond donors (Lipinski definition) is 1. The molecular weight excluding hydrogens is 348 g/mol. The highest BCUT2D eigenvalue weighted by Crippen LogP contribution is 2.24. The number of nitrogens with one attached hydrogen (secondary N) is 1. The highest BCUT2D eigenvalue weighted by atomic mass is 35.5. The summed E-state index contributed by atoms with van der Waals surface area (Å²) in [5.74, 6) is -1.52. The molecule has 0 heterocycles. The Morgan fingerprint density at radius 2 is 1.92 bits per heavy atom. The molecule has 0 unspecified atom stereocenters. The lowest BCUT2D eigenvalue weighted by molar-refractivity contribution is -0.385. The number of nitro groups is 1. The van der Waals surface area contributed by atoms with Gasteiger partial charge in [0.15, 0.2) is 6.61 Å². The van der Waals surface area contributed by atoms with E-state index in [0.29, 0.717) is 5.69 Å². The molecule has 0 bridgehead atoms. The number of nitro benzene ring substituents is 1. The van der Waals surface area contributed by atoms with Crippen LogP contribution in [0, 0.1) is 24.0 Å². The van der Waals surface area contributed by atoms with Gasteiger partial charge in [0, 0.05) is 16.8 Å². The molecule has 25 heavy (non-hydrogen) atoms. The lowest BCUT2D eigenvalue weighted by atomic mass is 10.1. The van der Waals surface area contributed by atoms with Crippen molar-refractivity contribution in [2.75, 3.05) is 11.9 Å². The van der Waals surface area contributed by atoms with Gasteiger partial charge in [-0.1, -0.05) is 29.3 Å². The Balaban J connectivity index is 2.02. The predicted molar refractivity (Wildman–Crippen MR) is 92.9 cm³/mol. The third-order valence-corrected chi connectivity index (χ3v) is 3.60. The number of carbonyl (C=O) groups excluding carboxylic acids is 2. The number of ether oxygens (including phenoxy) is 1. The number of aryl methyl sites for hydroxylation is 2. The minimum Gasteiger partial charge on any atom is -0.452 e. The minimum absolute atomic E-state index is 0.121. The summed E-state index contributed by atoms with van der Waals surface area (Å²) in [6, 6.07) is 9.05. The highest BCUT2D eigenvalue weighted by Gasteiger charge is 2.22. The summed E-state index contributed by atoms with van der Waals surface area (Å²) in [5.41, 5.74) is 1.77. The van der Waals surface area contributed by atoms with Crippen molar-refractivity contribution in [2.45, 2.75) is 13.8 Å². The molecule has 0 atom stereocenters. The maximum absolute atomic E-state index is 12.0. The Labute approximate surface area is 148 Å². The Bertz CT molecular complexity index is 851. The summed E-state index contributed by atoms with van der Waals surface area (Å²) in [6.07, 6.45) is 0. The van der Waals surface area contributed by atoms with Gasteiger partial charge in [0.1, 0.15) is 5.56 Å². The first-order chi connectivity index (χ1) is 11.8. The summed E-state index contributed by atoms with van der Waals surface area (Å²) < 4.78 is 4.86. The standard InChI is InChI=1S/C17H15ClN2O5/c1-10-3-6-14(11(2)7-10)19-16(21)9-25-17(22)13-5-4-12(18)8-15(13)20(23)24/h3-8H,9H2,1-2H3,(H,19,21). The number of anilines is 1. The lowest BCUT2D eigenvalue weighted by Crippen LogP contribution is -2.21. The van der Waals surface area contributed by atoms with Gasteiger partial charge >= 0.3 is 5.97 Å². The van der Waals surface area contributed by atoms with Gasteiger partial charge in [-0.25, -0.2) is 4.79 Å². The number of hydrogen-bond acceptors (Lipinski definition) is 5. The fourth-order valence-electron chi connectivity index (χ4n) is 2.18. The van der Waals surface area contributed by atoms with Gasteiger partial charge < -0.3 is 10.1 Å². The van der Waals surface area contributed by atoms with Crippen LogP contribution in [0.2, 0.25) is 5.02 Å². The summed E-state index contributed by atoms with van der Waals surface area (Å²) in [5, 5.41) is 13.7. The van der Waals surface area contributed by atoms with E-state index < -0.39 is 29.1 Å².